The van der Waals surface area contributed by atoms with Crippen LogP contribution in [-0.4, -0.2) is 66.5 Å². The normalized spacial score (nSPS) is 11.3. The molecular formula is C20H23N3NaO4S. The first-order valence-electron chi connectivity index (χ1n) is 8.86. The summed E-state index contributed by atoms with van der Waals surface area (Å²) in [6.07, 6.45) is 0.553. The Morgan fingerprint density at radius 2 is 1.69 bits per heavy atom. The number of nitrogens with two attached hydrogens (primary N) is 1. The van der Waals surface area contributed by atoms with Gasteiger partial charge in [0.1, 0.15) is 5.69 Å². The molecule has 149 valence electrons. The Labute approximate surface area is 192 Å². The van der Waals surface area contributed by atoms with Crippen molar-refractivity contribution in [1.82, 2.24) is 10.2 Å². The van der Waals surface area contributed by atoms with Gasteiger partial charge in [-0.15, -0.1) is 0 Å². The largest absolute Gasteiger partial charge is 0.396 e. The second kappa shape index (κ2) is 10.5. The van der Waals surface area contributed by atoms with E-state index in [2.05, 4.69) is 10.2 Å². The molecule has 0 aliphatic carbocycles. The van der Waals surface area contributed by atoms with Crippen molar-refractivity contribution in [3.05, 3.63) is 59.8 Å². The summed E-state index contributed by atoms with van der Waals surface area (Å²) in [4.78, 5) is 0.0531. The molecule has 1 radical (unpaired) electrons. The molecule has 0 saturated heterocycles. The van der Waals surface area contributed by atoms with Crippen LogP contribution in [0.1, 0.15) is 17.7 Å². The summed E-state index contributed by atoms with van der Waals surface area (Å²) >= 11 is 0. The molecular weight excluding hydrogens is 401 g/mol. The third-order valence-electron chi connectivity index (χ3n) is 4.33. The monoisotopic (exact) mass is 424 g/mol. The van der Waals surface area contributed by atoms with Crippen LogP contribution in [-0.2, 0) is 21.4 Å². The second-order valence-electron chi connectivity index (χ2n) is 6.49. The Balaban J connectivity index is 0.00000300. The number of hydrogen-bond donors (Lipinski definition) is 3. The van der Waals surface area contributed by atoms with Gasteiger partial charge >= 0.3 is 0 Å². The molecule has 0 unspecified atom stereocenters. The maximum Gasteiger partial charge on any atom is 0.238 e. The minimum atomic E-state index is -3.76. The van der Waals surface area contributed by atoms with E-state index >= 15 is 0 Å². The molecule has 0 aliphatic heterocycles. The van der Waals surface area contributed by atoms with Crippen molar-refractivity contribution in [1.29, 1.82) is 0 Å². The number of aryl methyl sites for hydroxylation is 1. The van der Waals surface area contributed by atoms with E-state index in [0.29, 0.717) is 19.6 Å². The first kappa shape index (κ1) is 23.8. The van der Waals surface area contributed by atoms with Crippen molar-refractivity contribution in [2.45, 2.75) is 24.8 Å². The van der Waals surface area contributed by atoms with E-state index < -0.39 is 10.0 Å². The molecule has 3 aromatic rings. The maximum absolute atomic E-state index is 11.5. The van der Waals surface area contributed by atoms with Crippen LogP contribution < -0.4 is 5.14 Å². The fourth-order valence-corrected chi connectivity index (χ4v) is 3.38. The van der Waals surface area contributed by atoms with Crippen molar-refractivity contribution >= 4 is 39.6 Å². The summed E-state index contributed by atoms with van der Waals surface area (Å²) in [5, 5.41) is 21.6. The molecule has 29 heavy (non-hydrogen) atoms. The second-order valence-corrected chi connectivity index (χ2v) is 8.05. The van der Waals surface area contributed by atoms with E-state index in [-0.39, 0.29) is 41.1 Å². The first-order chi connectivity index (χ1) is 13.4. The fourth-order valence-electron chi connectivity index (χ4n) is 2.87. The quantitative estimate of drug-likeness (QED) is 0.378. The number of benzene rings is 2. The fraction of sp³-hybridized carbons (Fsp3) is 0.250. The number of aliphatic hydroxyl groups is 1. The van der Waals surface area contributed by atoms with Crippen LogP contribution in [0.3, 0.4) is 0 Å². The molecule has 0 amide bonds. The van der Waals surface area contributed by atoms with Crippen molar-refractivity contribution in [3.63, 3.8) is 0 Å². The predicted octanol–water partition coefficient (Wildman–Crippen LogP) is 2.22. The molecule has 9 heteroatoms. The number of rotatable bonds is 8. The van der Waals surface area contributed by atoms with Gasteiger partial charge < -0.3 is 9.84 Å². The molecule has 0 saturated carbocycles. The minimum absolute atomic E-state index is 0. The van der Waals surface area contributed by atoms with Gasteiger partial charge in [0.2, 0.25) is 10.0 Å². The van der Waals surface area contributed by atoms with Crippen molar-refractivity contribution < 1.29 is 18.3 Å². The summed E-state index contributed by atoms with van der Waals surface area (Å²) < 4.78 is 28.7. The molecule has 1 aromatic heterocycles. The predicted molar refractivity (Wildman–Crippen MR) is 113 cm³/mol. The van der Waals surface area contributed by atoms with Gasteiger partial charge in [-0.1, -0.05) is 42.0 Å². The Bertz CT molecular complexity index is 1030. The third kappa shape index (κ3) is 5.99. The number of H-pyrrole nitrogens is 1. The van der Waals surface area contributed by atoms with Crippen LogP contribution in [0.5, 0.6) is 0 Å². The Morgan fingerprint density at radius 1 is 1.07 bits per heavy atom. The van der Waals surface area contributed by atoms with Crippen LogP contribution in [0, 0.1) is 6.92 Å². The van der Waals surface area contributed by atoms with E-state index in [4.69, 9.17) is 15.0 Å². The van der Waals surface area contributed by atoms with Gasteiger partial charge in [0, 0.05) is 53.9 Å². The van der Waals surface area contributed by atoms with Crippen LogP contribution >= 0.6 is 0 Å². The molecule has 0 atom stereocenters. The summed E-state index contributed by atoms with van der Waals surface area (Å²) in [6.45, 7) is 2.81. The number of aromatic nitrogens is 2. The summed E-state index contributed by atoms with van der Waals surface area (Å²) in [5.74, 6) is 0. The number of primary sulfonamides is 1. The van der Waals surface area contributed by atoms with Gasteiger partial charge in [0.25, 0.3) is 0 Å². The zero-order valence-electron chi connectivity index (χ0n) is 16.6. The number of aliphatic hydroxyl groups excluding tert-OH is 1. The number of hydrogen-bond acceptors (Lipinski definition) is 5. The van der Waals surface area contributed by atoms with E-state index in [1.54, 1.807) is 12.1 Å². The molecule has 7 nitrogen and oxygen atoms in total. The number of aromatic amines is 1. The summed E-state index contributed by atoms with van der Waals surface area (Å²) in [7, 11) is -3.76. The topological polar surface area (TPSA) is 118 Å². The molecule has 4 N–H and O–H groups in total. The zero-order chi connectivity index (χ0) is 20.1. The molecule has 0 aliphatic rings. The average Bonchev–Trinajstić information content (AvgIpc) is 3.09. The standard InChI is InChI=1S/C20H23N3O4S.Na/c1-14-3-5-16(6-4-14)20-19(18(22-23-20)13-27-12-2-11-24)15-7-9-17(10-8-15)28(21,25)26;/h3-10,24H,2,11-13H2,1H3,(H,22,23)(H2,21,25,26);. The molecule has 3 rings (SSSR count). The van der Waals surface area contributed by atoms with Crippen LogP contribution in [0.25, 0.3) is 22.4 Å². The van der Waals surface area contributed by atoms with E-state index in [0.717, 1.165) is 33.6 Å². The van der Waals surface area contributed by atoms with E-state index in [1.807, 2.05) is 31.2 Å². The van der Waals surface area contributed by atoms with Crippen LogP contribution in [0.4, 0.5) is 0 Å². The van der Waals surface area contributed by atoms with Gasteiger partial charge in [0.15, 0.2) is 0 Å². The molecule has 2 aromatic carbocycles. The smallest absolute Gasteiger partial charge is 0.238 e. The Morgan fingerprint density at radius 3 is 2.28 bits per heavy atom. The average molecular weight is 424 g/mol. The SMILES string of the molecule is Cc1ccc(-c2n[nH]c(COCCCO)c2-c2ccc(S(N)(=O)=O)cc2)cc1.[Na]. The Kier molecular flexibility index (Phi) is 8.59. The van der Waals surface area contributed by atoms with Gasteiger partial charge in [-0.2, -0.15) is 5.10 Å². The van der Waals surface area contributed by atoms with Gasteiger partial charge in [-0.25, -0.2) is 13.6 Å². The molecule has 0 fully saturated rings. The van der Waals surface area contributed by atoms with Gasteiger partial charge in [0.05, 0.1) is 17.2 Å². The minimum Gasteiger partial charge on any atom is -0.396 e. The molecule has 0 spiro atoms. The van der Waals surface area contributed by atoms with Gasteiger partial charge in [-0.3, -0.25) is 5.10 Å². The van der Waals surface area contributed by atoms with Crippen molar-refractivity contribution in [2.24, 2.45) is 5.14 Å². The van der Waals surface area contributed by atoms with Gasteiger partial charge in [-0.05, 0) is 31.0 Å². The summed E-state index contributed by atoms with van der Waals surface area (Å²) in [6, 6.07) is 14.4. The van der Waals surface area contributed by atoms with E-state index in [1.165, 1.54) is 12.1 Å². The van der Waals surface area contributed by atoms with Crippen molar-refractivity contribution in [3.8, 4) is 22.4 Å². The maximum atomic E-state index is 11.5. The zero-order valence-corrected chi connectivity index (χ0v) is 19.4. The van der Waals surface area contributed by atoms with Crippen LogP contribution in [0.15, 0.2) is 53.4 Å². The molecule has 0 bridgehead atoms. The first-order valence-corrected chi connectivity index (χ1v) is 10.4. The number of ether oxygens (including phenoxy) is 1. The molecule has 1 heterocycles. The Hall–Kier alpha value is -1.52. The van der Waals surface area contributed by atoms with Crippen LogP contribution in [0.2, 0.25) is 0 Å². The number of sulfonamides is 1. The van der Waals surface area contributed by atoms with E-state index in [9.17, 15) is 8.42 Å². The third-order valence-corrected chi connectivity index (χ3v) is 5.26. The number of nitrogens with zero attached hydrogens (tertiary/aromatic N) is 1. The summed E-state index contributed by atoms with van der Waals surface area (Å²) in [5.41, 5.74) is 5.26. The number of nitrogens with one attached hydrogen (secondary N) is 1. The van der Waals surface area contributed by atoms with Crippen molar-refractivity contribution in [2.75, 3.05) is 13.2 Å².